The fourth-order valence-corrected chi connectivity index (χ4v) is 6.49. The summed E-state index contributed by atoms with van der Waals surface area (Å²) in [6, 6.07) is 8.50. The molecule has 6 nitrogen and oxygen atoms in total. The van der Waals surface area contributed by atoms with E-state index in [1.54, 1.807) is 18.2 Å². The molecule has 2 aromatic carbocycles. The third-order valence-corrected chi connectivity index (χ3v) is 8.18. The lowest BCUT2D eigenvalue weighted by atomic mass is 9.62. The first-order valence-corrected chi connectivity index (χ1v) is 13.0. The van der Waals surface area contributed by atoms with Crippen LogP contribution in [-0.4, -0.2) is 41.2 Å². The minimum Gasteiger partial charge on any atom is -0.393 e. The number of anilines is 1. The van der Waals surface area contributed by atoms with Crippen molar-refractivity contribution in [2.45, 2.75) is 75.6 Å². The van der Waals surface area contributed by atoms with Crippen LogP contribution in [0.2, 0.25) is 10.0 Å². The molecular weight excluding hydrogens is 504 g/mol. The second-order valence-corrected chi connectivity index (χ2v) is 12.3. The number of hydrogen-bond donors (Lipinski definition) is 4. The second-order valence-electron chi connectivity index (χ2n) is 11.5. The van der Waals surface area contributed by atoms with Gasteiger partial charge >= 0.3 is 0 Å². The molecule has 1 saturated carbocycles. The molecule has 192 valence electrons. The molecular formula is C27H30Cl2FN3O3. The van der Waals surface area contributed by atoms with Gasteiger partial charge in [0.15, 0.2) is 0 Å². The molecule has 2 amide bonds. The van der Waals surface area contributed by atoms with Gasteiger partial charge in [0.25, 0.3) is 0 Å². The molecule has 4 N–H and O–H groups in total. The number of carbonyl (C=O) groups is 2. The quantitative estimate of drug-likeness (QED) is 0.465. The van der Waals surface area contributed by atoms with Crippen LogP contribution in [0.25, 0.3) is 0 Å². The fourth-order valence-electron chi connectivity index (χ4n) is 6.13. The van der Waals surface area contributed by atoms with Gasteiger partial charge in [0.2, 0.25) is 11.8 Å². The second kappa shape index (κ2) is 8.98. The van der Waals surface area contributed by atoms with Crippen molar-refractivity contribution in [1.82, 2.24) is 10.6 Å². The minimum absolute atomic E-state index is 0.0819. The number of benzene rings is 2. The van der Waals surface area contributed by atoms with Crippen LogP contribution in [0, 0.1) is 11.2 Å². The zero-order valence-electron chi connectivity index (χ0n) is 20.4. The number of nitrogens with one attached hydrogen (secondary N) is 3. The number of aliphatic hydroxyl groups excluding tert-OH is 1. The Morgan fingerprint density at radius 3 is 2.58 bits per heavy atom. The Balaban J connectivity index is 1.70. The van der Waals surface area contributed by atoms with Crippen molar-refractivity contribution >= 4 is 40.7 Å². The van der Waals surface area contributed by atoms with Crippen molar-refractivity contribution in [1.29, 1.82) is 0 Å². The van der Waals surface area contributed by atoms with Gasteiger partial charge in [0, 0.05) is 28.7 Å². The van der Waals surface area contributed by atoms with E-state index in [1.807, 2.05) is 6.07 Å². The van der Waals surface area contributed by atoms with E-state index in [-0.39, 0.29) is 28.3 Å². The average Bonchev–Trinajstić information content (AvgIpc) is 3.22. The molecule has 1 spiro atoms. The van der Waals surface area contributed by atoms with Crippen molar-refractivity contribution < 1.29 is 19.1 Å². The smallest absolute Gasteiger partial charge is 0.238 e. The fraction of sp³-hybridized carbons (Fsp3) is 0.481. The summed E-state index contributed by atoms with van der Waals surface area (Å²) < 4.78 is 14.9. The molecule has 4 atom stereocenters. The Morgan fingerprint density at radius 1 is 1.22 bits per heavy atom. The van der Waals surface area contributed by atoms with Crippen molar-refractivity contribution in [2.75, 3.05) is 5.32 Å². The largest absolute Gasteiger partial charge is 0.393 e. The molecule has 2 aromatic rings. The highest BCUT2D eigenvalue weighted by molar-refractivity contribution is 6.31. The molecule has 2 aliphatic heterocycles. The Labute approximate surface area is 219 Å². The molecule has 5 rings (SSSR count). The SMILES string of the molecule is CC(C)(C)C[C@H]1N[C@@H](C(=O)N[C@H]2C[C@H](O)C2)[C@H](c2cccc(Cl)c2)[C@@]12C(=O)Nc1cc(Cl)c(F)cc12. The van der Waals surface area contributed by atoms with Crippen LogP contribution in [0.4, 0.5) is 10.1 Å². The molecule has 9 heteroatoms. The lowest BCUT2D eigenvalue weighted by Gasteiger charge is -2.38. The van der Waals surface area contributed by atoms with Crippen LogP contribution in [0.5, 0.6) is 0 Å². The summed E-state index contributed by atoms with van der Waals surface area (Å²) in [7, 11) is 0. The molecule has 3 aliphatic rings. The molecule has 0 aromatic heterocycles. The first-order valence-electron chi connectivity index (χ1n) is 12.2. The Morgan fingerprint density at radius 2 is 1.94 bits per heavy atom. The lowest BCUT2D eigenvalue weighted by Crippen LogP contribution is -2.53. The predicted octanol–water partition coefficient (Wildman–Crippen LogP) is 4.52. The molecule has 0 bridgehead atoms. The first kappa shape index (κ1) is 25.5. The molecule has 0 radical (unpaired) electrons. The van der Waals surface area contributed by atoms with Gasteiger partial charge in [0.1, 0.15) is 11.2 Å². The van der Waals surface area contributed by atoms with Gasteiger partial charge in [0.05, 0.1) is 17.2 Å². The Bertz CT molecular complexity index is 1230. The first-order chi connectivity index (χ1) is 16.9. The van der Waals surface area contributed by atoms with E-state index in [1.165, 1.54) is 12.1 Å². The van der Waals surface area contributed by atoms with E-state index in [9.17, 15) is 19.1 Å². The lowest BCUT2D eigenvalue weighted by molar-refractivity contribution is -0.125. The highest BCUT2D eigenvalue weighted by Gasteiger charge is 2.66. The number of rotatable bonds is 4. The van der Waals surface area contributed by atoms with Gasteiger partial charge < -0.3 is 21.1 Å². The normalized spacial score (nSPS) is 31.2. The number of amides is 2. The van der Waals surface area contributed by atoms with Gasteiger partial charge in [-0.2, -0.15) is 0 Å². The summed E-state index contributed by atoms with van der Waals surface area (Å²) >= 11 is 12.5. The Hall–Kier alpha value is -2.19. The summed E-state index contributed by atoms with van der Waals surface area (Å²) in [5, 5.41) is 19.5. The average molecular weight is 534 g/mol. The van der Waals surface area contributed by atoms with Gasteiger partial charge in [-0.25, -0.2) is 4.39 Å². The van der Waals surface area contributed by atoms with Crippen molar-refractivity contribution in [3.63, 3.8) is 0 Å². The molecule has 1 aliphatic carbocycles. The van der Waals surface area contributed by atoms with Crippen LogP contribution in [0.15, 0.2) is 36.4 Å². The number of hydrogen-bond acceptors (Lipinski definition) is 4. The zero-order valence-corrected chi connectivity index (χ0v) is 21.9. The topological polar surface area (TPSA) is 90.5 Å². The Kier molecular flexibility index (Phi) is 6.35. The van der Waals surface area contributed by atoms with Gasteiger partial charge in [-0.15, -0.1) is 0 Å². The molecule has 0 unspecified atom stereocenters. The summed E-state index contributed by atoms with van der Waals surface area (Å²) in [6.07, 6.45) is 1.11. The van der Waals surface area contributed by atoms with E-state index in [4.69, 9.17) is 23.2 Å². The maximum atomic E-state index is 14.9. The predicted molar refractivity (Wildman–Crippen MR) is 138 cm³/mol. The van der Waals surface area contributed by atoms with Gasteiger partial charge in [-0.3, -0.25) is 9.59 Å². The van der Waals surface area contributed by atoms with Gasteiger partial charge in [-0.1, -0.05) is 56.1 Å². The van der Waals surface area contributed by atoms with E-state index in [0.29, 0.717) is 41.1 Å². The third kappa shape index (κ3) is 4.20. The minimum atomic E-state index is -1.28. The number of carbonyl (C=O) groups excluding carboxylic acids is 2. The van der Waals surface area contributed by atoms with Crippen LogP contribution in [-0.2, 0) is 15.0 Å². The number of fused-ring (bicyclic) bond motifs is 2. The van der Waals surface area contributed by atoms with Crippen LogP contribution in [0.3, 0.4) is 0 Å². The summed E-state index contributed by atoms with van der Waals surface area (Å²) in [6.45, 7) is 6.20. The standard InChI is InChI=1S/C27H30Cl2FN3O3/c1-26(2,3)12-21-27(17-10-19(30)18(29)11-20(17)32-25(27)36)22(13-5-4-6-14(28)7-13)23(33-21)24(35)31-15-8-16(34)9-15/h4-7,10-11,15-16,21-23,33-34H,8-9,12H2,1-3H3,(H,31,35)(H,32,36)/t15-,16-,21-,22+,23-,27+/m1/s1. The zero-order chi connectivity index (χ0) is 26.0. The maximum absolute atomic E-state index is 14.9. The maximum Gasteiger partial charge on any atom is 0.238 e. The summed E-state index contributed by atoms with van der Waals surface area (Å²) in [5.74, 6) is -1.86. The third-order valence-electron chi connectivity index (χ3n) is 7.65. The number of aliphatic hydroxyl groups is 1. The van der Waals surface area contributed by atoms with E-state index < -0.39 is 35.3 Å². The molecule has 2 fully saturated rings. The molecule has 36 heavy (non-hydrogen) atoms. The highest BCUT2D eigenvalue weighted by atomic mass is 35.5. The van der Waals surface area contributed by atoms with Crippen LogP contribution in [0.1, 0.15) is 57.1 Å². The van der Waals surface area contributed by atoms with E-state index in [2.05, 4.69) is 36.7 Å². The van der Waals surface area contributed by atoms with Crippen molar-refractivity contribution in [3.8, 4) is 0 Å². The van der Waals surface area contributed by atoms with Crippen molar-refractivity contribution in [2.24, 2.45) is 5.41 Å². The highest BCUT2D eigenvalue weighted by Crippen LogP contribution is 2.57. The van der Waals surface area contributed by atoms with Crippen LogP contribution < -0.4 is 16.0 Å². The van der Waals surface area contributed by atoms with Crippen molar-refractivity contribution in [3.05, 3.63) is 63.4 Å². The monoisotopic (exact) mass is 533 g/mol. The van der Waals surface area contributed by atoms with E-state index >= 15 is 0 Å². The van der Waals surface area contributed by atoms with E-state index in [0.717, 1.165) is 0 Å². The summed E-state index contributed by atoms with van der Waals surface area (Å²) in [4.78, 5) is 27.7. The van der Waals surface area contributed by atoms with Crippen LogP contribution >= 0.6 is 23.2 Å². The number of halogens is 3. The van der Waals surface area contributed by atoms with Gasteiger partial charge in [-0.05, 0) is 60.1 Å². The molecule has 2 heterocycles. The molecule has 1 saturated heterocycles. The summed E-state index contributed by atoms with van der Waals surface area (Å²) in [5.41, 5.74) is 0.150.